The molecule has 252 valence electrons. The van der Waals surface area contributed by atoms with Gasteiger partial charge in [-0.3, -0.25) is 14.4 Å². The van der Waals surface area contributed by atoms with E-state index in [1.807, 2.05) is 92.8 Å². The minimum atomic E-state index is -2.97. The molecule has 3 aromatic carbocycles. The zero-order valence-corrected chi connectivity index (χ0v) is 28.8. The highest BCUT2D eigenvalue weighted by molar-refractivity contribution is 6.71. The molecular formula is C37H44N4O6Si. The van der Waals surface area contributed by atoms with Gasteiger partial charge in [-0.25, -0.2) is 0 Å². The van der Waals surface area contributed by atoms with Crippen molar-refractivity contribution in [3.63, 3.8) is 0 Å². The van der Waals surface area contributed by atoms with Crippen molar-refractivity contribution in [3.8, 4) is 0 Å². The van der Waals surface area contributed by atoms with Gasteiger partial charge in [0.25, 0.3) is 5.91 Å². The smallest absolute Gasteiger partial charge is 0.264 e. The third-order valence-electron chi connectivity index (χ3n) is 10.8. The van der Waals surface area contributed by atoms with Crippen LogP contribution in [0.2, 0.25) is 18.6 Å². The van der Waals surface area contributed by atoms with E-state index in [-0.39, 0.29) is 42.3 Å². The van der Waals surface area contributed by atoms with E-state index >= 15 is 0 Å². The normalized spacial score (nSPS) is 27.1. The number of fused-ring (bicyclic) bond motifs is 3. The second-order valence-corrected chi connectivity index (χ2v) is 18.2. The Kier molecular flexibility index (Phi) is 8.53. The molecule has 2 saturated heterocycles. The molecule has 3 aromatic rings. The molecule has 0 bridgehead atoms. The summed E-state index contributed by atoms with van der Waals surface area (Å²) >= 11 is 0. The van der Waals surface area contributed by atoms with Gasteiger partial charge in [-0.1, -0.05) is 61.5 Å². The topological polar surface area (TPSA) is 123 Å². The standard InChI is InChI=1S/C37H44N4O6Si/c1-24-35(48(2,3)46)32(19-33(43)40-22-27-9-5-4-8-26(27)18-29(40)23-42)47-37(24)30-10-6-7-11-31(30)41(36(37)45)21-25-12-14-28(15-13-25)39-17-16-38-20-34(39)44/h4-15,24,29,32,35,38,42,46H,16-23H2,1-3H3/t24-,29+,32+,35-,37+/m1/s1. The molecule has 0 saturated carbocycles. The number of ether oxygens (including phenoxy) is 1. The zero-order chi connectivity index (χ0) is 33.8. The maximum absolute atomic E-state index is 14.7. The number of piperazine rings is 1. The predicted molar refractivity (Wildman–Crippen MR) is 185 cm³/mol. The lowest BCUT2D eigenvalue weighted by molar-refractivity contribution is -0.151. The van der Waals surface area contributed by atoms with Crippen LogP contribution in [0.15, 0.2) is 72.8 Å². The molecule has 4 heterocycles. The first-order chi connectivity index (χ1) is 23.0. The Balaban J connectivity index is 1.17. The molecule has 10 nitrogen and oxygen atoms in total. The number of aliphatic hydroxyl groups excluding tert-OH is 1. The van der Waals surface area contributed by atoms with Crippen molar-refractivity contribution in [3.05, 3.63) is 95.1 Å². The van der Waals surface area contributed by atoms with E-state index in [0.717, 1.165) is 40.2 Å². The molecule has 0 aliphatic carbocycles. The average Bonchev–Trinajstić information content (AvgIpc) is 3.50. The molecule has 0 aromatic heterocycles. The molecule has 7 rings (SSSR count). The van der Waals surface area contributed by atoms with Crippen LogP contribution in [0.3, 0.4) is 0 Å². The number of rotatable bonds is 7. The Morgan fingerprint density at radius 3 is 2.44 bits per heavy atom. The number of hydrogen-bond donors (Lipinski definition) is 3. The lowest BCUT2D eigenvalue weighted by Gasteiger charge is -2.37. The van der Waals surface area contributed by atoms with Gasteiger partial charge in [0, 0.05) is 42.3 Å². The van der Waals surface area contributed by atoms with Crippen LogP contribution in [0, 0.1) is 5.92 Å². The summed E-state index contributed by atoms with van der Waals surface area (Å²) in [4.78, 5) is 58.2. The predicted octanol–water partition coefficient (Wildman–Crippen LogP) is 3.30. The number of nitrogens with one attached hydrogen (secondary N) is 1. The van der Waals surface area contributed by atoms with Crippen molar-refractivity contribution >= 4 is 37.4 Å². The SMILES string of the molecule is C[C@@H]1[C@@H]([Si](C)(C)O)[C@H](CC(=O)N2Cc3ccccc3C[C@H]2CO)O[C@@]12C(=O)N(Cc1ccc(N3CCNCC3=O)cc1)c1ccccc12. The highest BCUT2D eigenvalue weighted by Gasteiger charge is 2.66. The molecule has 0 unspecified atom stereocenters. The highest BCUT2D eigenvalue weighted by Crippen LogP contribution is 2.59. The number of anilines is 2. The summed E-state index contributed by atoms with van der Waals surface area (Å²) in [7, 11) is -2.97. The van der Waals surface area contributed by atoms with E-state index in [9.17, 15) is 24.3 Å². The van der Waals surface area contributed by atoms with Gasteiger partial charge in [0.15, 0.2) is 13.9 Å². The number of hydrogen-bond acceptors (Lipinski definition) is 7. The summed E-state index contributed by atoms with van der Waals surface area (Å²) < 4.78 is 6.90. The summed E-state index contributed by atoms with van der Waals surface area (Å²) in [5.74, 6) is -0.713. The fraction of sp³-hybridized carbons (Fsp3) is 0.432. The van der Waals surface area contributed by atoms with Crippen LogP contribution in [0.5, 0.6) is 0 Å². The van der Waals surface area contributed by atoms with E-state index in [1.54, 1.807) is 14.7 Å². The average molecular weight is 669 g/mol. The van der Waals surface area contributed by atoms with Crippen LogP contribution in [0.25, 0.3) is 0 Å². The van der Waals surface area contributed by atoms with Gasteiger partial charge < -0.3 is 34.7 Å². The number of benzene rings is 3. The third-order valence-corrected chi connectivity index (χ3v) is 13.3. The number of amides is 3. The third kappa shape index (κ3) is 5.47. The molecule has 3 amide bonds. The van der Waals surface area contributed by atoms with Crippen molar-refractivity contribution in [2.45, 2.75) is 69.2 Å². The van der Waals surface area contributed by atoms with Crippen LogP contribution in [0.1, 0.15) is 35.6 Å². The van der Waals surface area contributed by atoms with Gasteiger partial charge in [-0.15, -0.1) is 0 Å². The Bertz CT molecular complexity index is 1730. The molecule has 4 aliphatic rings. The highest BCUT2D eigenvalue weighted by atomic mass is 28.4. The molecule has 3 N–H and O–H groups in total. The number of carbonyl (C=O) groups is 3. The largest absolute Gasteiger partial charge is 0.432 e. The number of aliphatic hydroxyl groups is 1. The van der Waals surface area contributed by atoms with Crippen LogP contribution >= 0.6 is 0 Å². The van der Waals surface area contributed by atoms with Gasteiger partial charge in [0.2, 0.25) is 11.8 Å². The van der Waals surface area contributed by atoms with Crippen LogP contribution in [-0.2, 0) is 44.2 Å². The van der Waals surface area contributed by atoms with Gasteiger partial charge in [-0.05, 0) is 54.4 Å². The van der Waals surface area contributed by atoms with Gasteiger partial charge >= 0.3 is 0 Å². The monoisotopic (exact) mass is 668 g/mol. The first-order valence-corrected chi connectivity index (χ1v) is 19.9. The van der Waals surface area contributed by atoms with Gasteiger partial charge in [0.1, 0.15) is 0 Å². The fourth-order valence-electron chi connectivity index (χ4n) is 8.56. The quantitative estimate of drug-likeness (QED) is 0.331. The molecule has 0 radical (unpaired) electrons. The van der Waals surface area contributed by atoms with E-state index in [0.29, 0.717) is 32.6 Å². The molecule has 48 heavy (non-hydrogen) atoms. The first kappa shape index (κ1) is 32.7. The van der Waals surface area contributed by atoms with Crippen molar-refractivity contribution in [2.75, 3.05) is 36.0 Å². The summed E-state index contributed by atoms with van der Waals surface area (Å²) in [6.45, 7) is 7.91. The van der Waals surface area contributed by atoms with Crippen molar-refractivity contribution in [1.29, 1.82) is 0 Å². The lowest BCUT2D eigenvalue weighted by Crippen LogP contribution is -2.48. The maximum atomic E-state index is 14.7. The van der Waals surface area contributed by atoms with E-state index in [1.165, 1.54) is 0 Å². The summed E-state index contributed by atoms with van der Waals surface area (Å²) in [5.41, 5.74) is 3.70. The van der Waals surface area contributed by atoms with Crippen LogP contribution in [0.4, 0.5) is 11.4 Å². The zero-order valence-electron chi connectivity index (χ0n) is 27.8. The molecular weight excluding hydrogens is 625 g/mol. The lowest BCUT2D eigenvalue weighted by atomic mass is 9.82. The Labute approximate surface area is 282 Å². The minimum Gasteiger partial charge on any atom is -0.432 e. The second-order valence-electron chi connectivity index (χ2n) is 14.2. The summed E-state index contributed by atoms with van der Waals surface area (Å²) in [5, 5.41) is 13.3. The number of para-hydroxylation sites is 1. The molecule has 11 heteroatoms. The number of nitrogens with zero attached hydrogens (tertiary/aromatic N) is 3. The van der Waals surface area contributed by atoms with Crippen LogP contribution in [-0.4, -0.2) is 79.2 Å². The molecule has 5 atom stereocenters. The Morgan fingerprint density at radius 2 is 1.73 bits per heavy atom. The van der Waals surface area contributed by atoms with Gasteiger partial charge in [0.05, 0.1) is 44.0 Å². The van der Waals surface area contributed by atoms with Crippen molar-refractivity contribution in [1.82, 2.24) is 10.2 Å². The Morgan fingerprint density at radius 1 is 1.02 bits per heavy atom. The fourth-order valence-corrected chi connectivity index (χ4v) is 11.1. The van der Waals surface area contributed by atoms with Crippen molar-refractivity contribution in [2.24, 2.45) is 5.92 Å². The van der Waals surface area contributed by atoms with E-state index in [4.69, 9.17) is 4.74 Å². The number of carbonyl (C=O) groups excluding carboxylic acids is 3. The molecule has 2 fully saturated rings. The molecule has 4 aliphatic heterocycles. The second kappa shape index (κ2) is 12.5. The van der Waals surface area contributed by atoms with Gasteiger partial charge in [-0.2, -0.15) is 0 Å². The maximum Gasteiger partial charge on any atom is 0.264 e. The first-order valence-electron chi connectivity index (χ1n) is 16.9. The summed E-state index contributed by atoms with van der Waals surface area (Å²) in [6, 6.07) is 23.0. The van der Waals surface area contributed by atoms with E-state index in [2.05, 4.69) is 5.32 Å². The van der Waals surface area contributed by atoms with E-state index < -0.39 is 25.9 Å². The van der Waals surface area contributed by atoms with Crippen LogP contribution < -0.4 is 15.1 Å². The summed E-state index contributed by atoms with van der Waals surface area (Å²) in [6.07, 6.45) is -0.0986. The van der Waals surface area contributed by atoms with Crippen molar-refractivity contribution < 1.29 is 29.0 Å². The Hall–Kier alpha value is -3.87. The molecule has 1 spiro atoms. The minimum absolute atomic E-state index is 0.00800.